The molecule has 8 nitrogen and oxygen atoms in total. The number of carboxylic acids is 1. The quantitative estimate of drug-likeness (QED) is 0.497. The summed E-state index contributed by atoms with van der Waals surface area (Å²) in [5, 5.41) is 13.8. The van der Waals surface area contributed by atoms with Gasteiger partial charge in [0.1, 0.15) is 6.04 Å². The number of nitrogens with two attached hydrogens (primary N) is 1. The Morgan fingerprint density at radius 2 is 2.05 bits per heavy atom. The number of nitrogens with zero attached hydrogens (tertiary/aromatic N) is 1. The van der Waals surface area contributed by atoms with E-state index in [-0.39, 0.29) is 0 Å². The monoisotopic (exact) mass is 300 g/mol. The van der Waals surface area contributed by atoms with Gasteiger partial charge in [-0.2, -0.15) is 0 Å². The highest BCUT2D eigenvalue weighted by Crippen LogP contribution is 2.17. The number of rotatable bonds is 7. The van der Waals surface area contributed by atoms with Crippen LogP contribution in [0.2, 0.25) is 0 Å². The van der Waals surface area contributed by atoms with E-state index in [1.807, 2.05) is 0 Å². The summed E-state index contributed by atoms with van der Waals surface area (Å²) in [7, 11) is 0. The third-order valence-corrected chi connectivity index (χ3v) is 3.61. The number of nitrogens with one attached hydrogen (secondary N) is 2. The second-order valence-electron chi connectivity index (χ2n) is 5.66. The average molecular weight is 300 g/mol. The minimum atomic E-state index is -1.29. The van der Waals surface area contributed by atoms with Gasteiger partial charge in [-0.15, -0.1) is 0 Å². The van der Waals surface area contributed by atoms with Crippen LogP contribution in [0.3, 0.4) is 0 Å². The maximum atomic E-state index is 11.7. The van der Waals surface area contributed by atoms with Gasteiger partial charge in [0.2, 0.25) is 5.91 Å². The number of hydrogen-bond acceptors (Lipinski definition) is 4. The van der Waals surface area contributed by atoms with E-state index in [1.165, 1.54) is 0 Å². The highest BCUT2D eigenvalue weighted by molar-refractivity contribution is 5.87. The van der Waals surface area contributed by atoms with Crippen LogP contribution in [-0.2, 0) is 9.59 Å². The standard InChI is InChI=1S/C13H24N4O4/c1-8(2)17-4-3-9(7-17)6-15-13(21)16-10(12(19)20)5-11(14)18/h8-10H,3-7H2,1-2H3,(H2,14,18)(H,19,20)(H2,15,16,21)/t9?,10-/m0/s1. The van der Waals surface area contributed by atoms with Gasteiger partial charge in [0, 0.05) is 19.1 Å². The molecule has 1 heterocycles. The lowest BCUT2D eigenvalue weighted by atomic mass is 10.1. The predicted molar refractivity (Wildman–Crippen MR) is 76.6 cm³/mol. The molecule has 5 N–H and O–H groups in total. The summed E-state index contributed by atoms with van der Waals surface area (Å²) in [4.78, 5) is 35.6. The van der Waals surface area contributed by atoms with Crippen LogP contribution in [0, 0.1) is 5.92 Å². The summed E-state index contributed by atoms with van der Waals surface area (Å²) in [5.74, 6) is -1.69. The van der Waals surface area contributed by atoms with E-state index in [4.69, 9.17) is 10.8 Å². The fraction of sp³-hybridized carbons (Fsp3) is 0.769. The van der Waals surface area contributed by atoms with Crippen molar-refractivity contribution in [3.8, 4) is 0 Å². The van der Waals surface area contributed by atoms with E-state index in [2.05, 4.69) is 29.4 Å². The van der Waals surface area contributed by atoms with Gasteiger partial charge in [-0.3, -0.25) is 4.79 Å². The van der Waals surface area contributed by atoms with Crippen molar-refractivity contribution >= 4 is 17.9 Å². The Bertz CT molecular complexity index is 400. The smallest absolute Gasteiger partial charge is 0.326 e. The number of carbonyl (C=O) groups excluding carboxylic acids is 2. The van der Waals surface area contributed by atoms with Crippen LogP contribution in [0.1, 0.15) is 26.7 Å². The molecule has 0 bridgehead atoms. The number of hydrogen-bond donors (Lipinski definition) is 4. The second-order valence-corrected chi connectivity index (χ2v) is 5.66. The summed E-state index contributed by atoms with van der Waals surface area (Å²) < 4.78 is 0. The summed E-state index contributed by atoms with van der Waals surface area (Å²) >= 11 is 0. The second kappa shape index (κ2) is 7.82. The first-order valence-corrected chi connectivity index (χ1v) is 7.09. The molecule has 1 unspecified atom stereocenters. The molecule has 0 aliphatic carbocycles. The third-order valence-electron chi connectivity index (χ3n) is 3.61. The summed E-state index contributed by atoms with van der Waals surface area (Å²) in [6.07, 6.45) is 0.579. The van der Waals surface area contributed by atoms with E-state index in [0.717, 1.165) is 19.5 Å². The summed E-state index contributed by atoms with van der Waals surface area (Å²) in [5.41, 5.74) is 4.94. The number of likely N-dealkylation sites (tertiary alicyclic amines) is 1. The first-order valence-electron chi connectivity index (χ1n) is 7.09. The molecule has 1 fully saturated rings. The zero-order valence-electron chi connectivity index (χ0n) is 12.5. The Labute approximate surface area is 124 Å². The molecule has 0 radical (unpaired) electrons. The Balaban J connectivity index is 2.33. The molecule has 1 aliphatic rings. The fourth-order valence-corrected chi connectivity index (χ4v) is 2.35. The molecule has 2 atom stereocenters. The largest absolute Gasteiger partial charge is 0.480 e. The Morgan fingerprint density at radius 3 is 2.52 bits per heavy atom. The number of aliphatic carboxylic acids is 1. The van der Waals surface area contributed by atoms with Crippen LogP contribution in [0.5, 0.6) is 0 Å². The number of carbonyl (C=O) groups is 3. The maximum Gasteiger partial charge on any atom is 0.326 e. The van der Waals surface area contributed by atoms with Gasteiger partial charge in [0.25, 0.3) is 0 Å². The van der Waals surface area contributed by atoms with Crippen molar-refractivity contribution in [2.45, 2.75) is 38.8 Å². The highest BCUT2D eigenvalue weighted by atomic mass is 16.4. The minimum absolute atomic E-state index is 0.359. The van der Waals surface area contributed by atoms with Crippen LogP contribution >= 0.6 is 0 Å². The van der Waals surface area contributed by atoms with Crippen LogP contribution in [0.25, 0.3) is 0 Å². The lowest BCUT2D eigenvalue weighted by Gasteiger charge is -2.20. The van der Waals surface area contributed by atoms with E-state index in [9.17, 15) is 14.4 Å². The Morgan fingerprint density at radius 1 is 1.38 bits per heavy atom. The van der Waals surface area contributed by atoms with Crippen molar-refractivity contribution in [3.05, 3.63) is 0 Å². The molecule has 21 heavy (non-hydrogen) atoms. The molecule has 0 saturated carbocycles. The SMILES string of the molecule is CC(C)N1CCC(CNC(=O)N[C@@H](CC(N)=O)C(=O)O)C1. The van der Waals surface area contributed by atoms with Crippen LogP contribution < -0.4 is 16.4 Å². The molecule has 0 aromatic heterocycles. The molecule has 120 valence electrons. The topological polar surface area (TPSA) is 125 Å². The molecule has 3 amide bonds. The molecule has 0 aromatic rings. The Hall–Kier alpha value is -1.83. The first kappa shape index (κ1) is 17.2. The highest BCUT2D eigenvalue weighted by Gasteiger charge is 2.26. The number of amides is 3. The van der Waals surface area contributed by atoms with Gasteiger partial charge < -0.3 is 26.4 Å². The van der Waals surface area contributed by atoms with Gasteiger partial charge in [0.05, 0.1) is 6.42 Å². The zero-order valence-corrected chi connectivity index (χ0v) is 12.5. The van der Waals surface area contributed by atoms with E-state index < -0.39 is 30.4 Å². The lowest BCUT2D eigenvalue weighted by Crippen LogP contribution is -2.48. The van der Waals surface area contributed by atoms with Crippen molar-refractivity contribution in [3.63, 3.8) is 0 Å². The van der Waals surface area contributed by atoms with E-state index in [1.54, 1.807) is 0 Å². The van der Waals surface area contributed by atoms with Crippen molar-refractivity contribution < 1.29 is 19.5 Å². The molecule has 0 aromatic carbocycles. The van der Waals surface area contributed by atoms with Crippen molar-refractivity contribution in [1.82, 2.24) is 15.5 Å². The van der Waals surface area contributed by atoms with Gasteiger partial charge in [-0.05, 0) is 32.7 Å². The van der Waals surface area contributed by atoms with E-state index in [0.29, 0.717) is 18.5 Å². The number of primary amides is 1. The summed E-state index contributed by atoms with van der Waals surface area (Å²) in [6, 6.07) is -1.40. The lowest BCUT2D eigenvalue weighted by molar-refractivity contribution is -0.140. The number of carboxylic acid groups (broad SMARTS) is 1. The van der Waals surface area contributed by atoms with Crippen molar-refractivity contribution in [2.24, 2.45) is 11.7 Å². The molecular weight excluding hydrogens is 276 g/mol. The summed E-state index contributed by atoms with van der Waals surface area (Å²) in [6.45, 7) is 6.66. The zero-order chi connectivity index (χ0) is 16.0. The van der Waals surface area contributed by atoms with Gasteiger partial charge >= 0.3 is 12.0 Å². The maximum absolute atomic E-state index is 11.7. The fourth-order valence-electron chi connectivity index (χ4n) is 2.35. The van der Waals surface area contributed by atoms with Gasteiger partial charge in [0.15, 0.2) is 0 Å². The molecular formula is C13H24N4O4. The first-order chi connectivity index (χ1) is 9.79. The van der Waals surface area contributed by atoms with Gasteiger partial charge in [-0.25, -0.2) is 9.59 Å². The van der Waals surface area contributed by atoms with Crippen molar-refractivity contribution in [2.75, 3.05) is 19.6 Å². The molecule has 1 rings (SSSR count). The molecule has 1 saturated heterocycles. The van der Waals surface area contributed by atoms with Crippen LogP contribution in [-0.4, -0.2) is 59.6 Å². The average Bonchev–Trinajstić information content (AvgIpc) is 2.83. The molecule has 0 spiro atoms. The molecule has 8 heteroatoms. The molecule has 1 aliphatic heterocycles. The van der Waals surface area contributed by atoms with Crippen molar-refractivity contribution in [1.29, 1.82) is 0 Å². The van der Waals surface area contributed by atoms with E-state index >= 15 is 0 Å². The third kappa shape index (κ3) is 5.99. The Kier molecular flexibility index (Phi) is 6.41. The van der Waals surface area contributed by atoms with Crippen LogP contribution in [0.4, 0.5) is 4.79 Å². The van der Waals surface area contributed by atoms with Gasteiger partial charge in [-0.1, -0.05) is 0 Å². The minimum Gasteiger partial charge on any atom is -0.480 e. The number of urea groups is 1. The normalized spacial score (nSPS) is 20.2. The van der Waals surface area contributed by atoms with Crippen LogP contribution in [0.15, 0.2) is 0 Å². The predicted octanol–water partition coefficient (Wildman–Crippen LogP) is -0.655.